The second-order valence-electron chi connectivity index (χ2n) is 7.45. The fourth-order valence-corrected chi connectivity index (χ4v) is 4.62. The third-order valence-electron chi connectivity index (χ3n) is 5.95. The van der Waals surface area contributed by atoms with Crippen LogP contribution in [-0.4, -0.2) is 24.0 Å². The van der Waals surface area contributed by atoms with Crippen molar-refractivity contribution in [3.8, 4) is 0 Å². The minimum absolute atomic E-state index is 0.701. The Hall–Kier alpha value is -1.86. The molecule has 2 aromatic rings. The molecule has 0 aliphatic carbocycles. The van der Waals surface area contributed by atoms with Crippen molar-refractivity contribution in [2.24, 2.45) is 5.92 Å². The molecule has 4 rings (SSSR count). The molecule has 0 amide bonds. The topological polar surface area (TPSA) is 3.24 Å². The van der Waals surface area contributed by atoms with E-state index in [4.69, 9.17) is 0 Å². The summed E-state index contributed by atoms with van der Waals surface area (Å²) in [6.45, 7) is 0. The van der Waals surface area contributed by atoms with Gasteiger partial charge in [0.25, 0.3) is 0 Å². The molecule has 0 spiro atoms. The highest BCUT2D eigenvalue weighted by Gasteiger charge is 2.35. The highest BCUT2D eigenvalue weighted by molar-refractivity contribution is 5.79. The summed E-state index contributed by atoms with van der Waals surface area (Å²) in [5, 5.41) is 0. The van der Waals surface area contributed by atoms with Crippen LogP contribution in [0.3, 0.4) is 0 Å². The van der Waals surface area contributed by atoms with Gasteiger partial charge >= 0.3 is 0 Å². The van der Waals surface area contributed by atoms with E-state index in [1.54, 1.807) is 0 Å². The van der Waals surface area contributed by atoms with Crippen molar-refractivity contribution in [2.45, 2.75) is 44.2 Å². The number of hydrogen-bond acceptors (Lipinski definition) is 1. The largest absolute Gasteiger partial charge is 0.300 e. The lowest BCUT2D eigenvalue weighted by Crippen LogP contribution is -2.49. The SMILES string of the molecule is CN1[C@@H]2CCC[C@H]1CC(C=C(c1ccccc1)c1ccccc1)C2. The third-order valence-corrected chi connectivity index (χ3v) is 5.95. The van der Waals surface area contributed by atoms with Crippen LogP contribution in [0.2, 0.25) is 0 Å². The summed E-state index contributed by atoms with van der Waals surface area (Å²) in [6.07, 6.45) is 9.38. The molecule has 2 fully saturated rings. The quantitative estimate of drug-likeness (QED) is 0.734. The zero-order valence-corrected chi connectivity index (χ0v) is 14.6. The Bertz CT molecular complexity index is 633. The molecule has 24 heavy (non-hydrogen) atoms. The van der Waals surface area contributed by atoms with Crippen LogP contribution in [0.4, 0.5) is 0 Å². The minimum Gasteiger partial charge on any atom is -0.300 e. The summed E-state index contributed by atoms with van der Waals surface area (Å²) < 4.78 is 0. The van der Waals surface area contributed by atoms with Gasteiger partial charge in [-0.05, 0) is 55.3 Å². The molecule has 3 atom stereocenters. The van der Waals surface area contributed by atoms with Gasteiger partial charge in [-0.1, -0.05) is 73.2 Å². The van der Waals surface area contributed by atoms with Crippen LogP contribution in [-0.2, 0) is 0 Å². The lowest BCUT2D eigenvalue weighted by Gasteiger charge is -2.46. The Balaban J connectivity index is 1.68. The average molecular weight is 317 g/mol. The monoisotopic (exact) mass is 317 g/mol. The maximum absolute atomic E-state index is 2.65. The molecule has 1 nitrogen and oxygen atoms in total. The third kappa shape index (κ3) is 3.18. The number of benzene rings is 2. The molecular weight excluding hydrogens is 290 g/mol. The maximum Gasteiger partial charge on any atom is 0.0101 e. The van der Waals surface area contributed by atoms with E-state index >= 15 is 0 Å². The van der Waals surface area contributed by atoms with Crippen LogP contribution in [0.1, 0.15) is 43.2 Å². The molecule has 2 aromatic carbocycles. The number of hydrogen-bond donors (Lipinski definition) is 0. The van der Waals surface area contributed by atoms with Crippen molar-refractivity contribution < 1.29 is 0 Å². The van der Waals surface area contributed by atoms with E-state index in [2.05, 4.69) is 78.7 Å². The fraction of sp³-hybridized carbons (Fsp3) is 0.391. The zero-order valence-electron chi connectivity index (χ0n) is 14.6. The van der Waals surface area contributed by atoms with Crippen LogP contribution >= 0.6 is 0 Å². The van der Waals surface area contributed by atoms with Crippen molar-refractivity contribution >= 4 is 5.57 Å². The molecule has 1 unspecified atom stereocenters. The summed E-state index contributed by atoms with van der Waals surface area (Å²) in [6, 6.07) is 23.3. The predicted molar refractivity (Wildman–Crippen MR) is 102 cm³/mol. The van der Waals surface area contributed by atoms with Gasteiger partial charge in [0.1, 0.15) is 0 Å². The molecule has 0 N–H and O–H groups in total. The number of allylic oxidation sites excluding steroid dienone is 1. The Morgan fingerprint density at radius 1 is 0.833 bits per heavy atom. The Morgan fingerprint density at radius 2 is 1.33 bits per heavy atom. The summed E-state index contributed by atoms with van der Waals surface area (Å²) in [4.78, 5) is 2.65. The maximum atomic E-state index is 2.65. The van der Waals surface area contributed by atoms with Gasteiger partial charge in [0.2, 0.25) is 0 Å². The molecule has 2 aliphatic heterocycles. The zero-order chi connectivity index (χ0) is 16.4. The van der Waals surface area contributed by atoms with Gasteiger partial charge in [-0.3, -0.25) is 0 Å². The van der Waals surface area contributed by atoms with E-state index < -0.39 is 0 Å². The average Bonchev–Trinajstić information content (AvgIpc) is 2.62. The highest BCUT2D eigenvalue weighted by Crippen LogP contribution is 2.38. The first-order valence-electron chi connectivity index (χ1n) is 9.36. The molecular formula is C23H27N. The molecule has 2 saturated heterocycles. The predicted octanol–water partition coefficient (Wildman–Crippen LogP) is 5.38. The molecule has 124 valence electrons. The lowest BCUT2D eigenvalue weighted by atomic mass is 9.77. The van der Waals surface area contributed by atoms with E-state index in [0.29, 0.717) is 5.92 Å². The van der Waals surface area contributed by atoms with Gasteiger partial charge in [0.15, 0.2) is 0 Å². The highest BCUT2D eigenvalue weighted by atomic mass is 15.2. The van der Waals surface area contributed by atoms with Gasteiger partial charge in [-0.25, -0.2) is 0 Å². The second kappa shape index (κ2) is 6.94. The van der Waals surface area contributed by atoms with Crippen molar-refractivity contribution in [3.05, 3.63) is 77.9 Å². The number of rotatable bonds is 3. The van der Waals surface area contributed by atoms with Crippen molar-refractivity contribution in [1.82, 2.24) is 4.90 Å². The minimum atomic E-state index is 0.701. The Kier molecular flexibility index (Phi) is 4.53. The van der Waals surface area contributed by atoms with E-state index in [1.807, 2.05) is 0 Å². The number of piperidine rings is 2. The first kappa shape index (κ1) is 15.7. The molecule has 2 heterocycles. The van der Waals surface area contributed by atoms with Crippen LogP contribution in [0.5, 0.6) is 0 Å². The van der Waals surface area contributed by atoms with E-state index in [1.165, 1.54) is 48.8 Å². The van der Waals surface area contributed by atoms with Crippen LogP contribution in [0.25, 0.3) is 5.57 Å². The first-order valence-corrected chi connectivity index (χ1v) is 9.36. The van der Waals surface area contributed by atoms with Gasteiger partial charge in [-0.2, -0.15) is 0 Å². The van der Waals surface area contributed by atoms with Crippen molar-refractivity contribution in [2.75, 3.05) is 7.05 Å². The number of nitrogens with zero attached hydrogens (tertiary/aromatic N) is 1. The fourth-order valence-electron chi connectivity index (χ4n) is 4.62. The summed E-state index contributed by atoms with van der Waals surface area (Å²) in [7, 11) is 2.34. The number of fused-ring (bicyclic) bond motifs is 2. The first-order chi connectivity index (χ1) is 11.8. The Labute approximate surface area is 146 Å². The van der Waals surface area contributed by atoms with Crippen LogP contribution < -0.4 is 0 Å². The standard InChI is InChI=1S/C23H27N/c1-24-21-13-8-14-22(24)16-18(15-21)17-23(19-9-4-2-5-10-19)20-11-6-3-7-12-20/h2-7,9-12,17-18,21-22H,8,13-16H2,1H3/t18?,21-,22+. The smallest absolute Gasteiger partial charge is 0.0101 e. The molecule has 0 aromatic heterocycles. The van der Waals surface area contributed by atoms with Crippen LogP contribution in [0, 0.1) is 5.92 Å². The normalized spacial score (nSPS) is 26.8. The van der Waals surface area contributed by atoms with Crippen molar-refractivity contribution in [1.29, 1.82) is 0 Å². The molecule has 0 saturated carbocycles. The summed E-state index contributed by atoms with van der Waals surface area (Å²) >= 11 is 0. The van der Waals surface area contributed by atoms with Gasteiger partial charge < -0.3 is 4.90 Å². The van der Waals surface area contributed by atoms with E-state index in [0.717, 1.165) is 12.1 Å². The molecule has 0 radical (unpaired) electrons. The second-order valence-corrected chi connectivity index (χ2v) is 7.45. The lowest BCUT2D eigenvalue weighted by molar-refractivity contribution is 0.0486. The van der Waals surface area contributed by atoms with E-state index in [9.17, 15) is 0 Å². The van der Waals surface area contributed by atoms with Crippen LogP contribution in [0.15, 0.2) is 66.7 Å². The van der Waals surface area contributed by atoms with Gasteiger partial charge in [0, 0.05) is 12.1 Å². The molecule has 2 aliphatic rings. The van der Waals surface area contributed by atoms with Crippen molar-refractivity contribution in [3.63, 3.8) is 0 Å². The molecule has 2 bridgehead atoms. The Morgan fingerprint density at radius 3 is 1.83 bits per heavy atom. The summed E-state index contributed by atoms with van der Waals surface area (Å²) in [5.74, 6) is 0.701. The van der Waals surface area contributed by atoms with E-state index in [-0.39, 0.29) is 0 Å². The summed E-state index contributed by atoms with van der Waals surface area (Å²) in [5.41, 5.74) is 4.09. The van der Waals surface area contributed by atoms with Gasteiger partial charge in [0.05, 0.1) is 0 Å². The van der Waals surface area contributed by atoms with Gasteiger partial charge in [-0.15, -0.1) is 0 Å². The molecule has 1 heteroatoms.